The molecule has 0 aliphatic heterocycles. The Labute approximate surface area is 126 Å². The van der Waals surface area contributed by atoms with Crippen molar-refractivity contribution in [1.82, 2.24) is 0 Å². The Kier molecular flexibility index (Phi) is 4.18. The number of benzene rings is 2. The molecule has 6 nitrogen and oxygen atoms in total. The van der Waals surface area contributed by atoms with Crippen molar-refractivity contribution in [3.8, 4) is 5.75 Å². The first-order valence-corrected chi connectivity index (χ1v) is 6.46. The number of para-hydroxylation sites is 1. The first kappa shape index (κ1) is 14.9. The molecule has 0 spiro atoms. The minimum atomic E-state index is -0.521. The topological polar surface area (TPSA) is 90.4 Å². The Morgan fingerprint density at radius 2 is 2.05 bits per heavy atom. The van der Waals surface area contributed by atoms with Crippen LogP contribution in [-0.4, -0.2) is 12.0 Å². The van der Waals surface area contributed by atoms with Gasteiger partial charge in [-0.25, -0.2) is 0 Å². The van der Waals surface area contributed by atoms with Gasteiger partial charge in [0.05, 0.1) is 17.7 Å². The Morgan fingerprint density at radius 1 is 1.33 bits per heavy atom. The fourth-order valence-electron chi connectivity index (χ4n) is 1.94. The number of aryl methyl sites for hydroxylation is 1. The van der Waals surface area contributed by atoms with E-state index in [4.69, 9.17) is 22.1 Å². The molecule has 3 N–H and O–H groups in total. The summed E-state index contributed by atoms with van der Waals surface area (Å²) >= 11 is 6.04. The lowest BCUT2D eigenvalue weighted by Crippen LogP contribution is -2.02. The van der Waals surface area contributed by atoms with E-state index < -0.39 is 4.92 Å². The molecule has 0 fully saturated rings. The lowest BCUT2D eigenvalue weighted by Gasteiger charge is -2.13. The maximum atomic E-state index is 11.1. The maximum Gasteiger partial charge on any atom is 0.315 e. The highest BCUT2D eigenvalue weighted by molar-refractivity contribution is 6.31. The van der Waals surface area contributed by atoms with E-state index in [-0.39, 0.29) is 11.4 Å². The van der Waals surface area contributed by atoms with Gasteiger partial charge in [0.15, 0.2) is 0 Å². The number of nitro benzene ring substituents is 1. The van der Waals surface area contributed by atoms with E-state index in [1.54, 1.807) is 24.3 Å². The number of hydrogen-bond donors (Lipinski definition) is 2. The quantitative estimate of drug-likeness (QED) is 0.508. The molecule has 0 aliphatic rings. The molecule has 0 amide bonds. The van der Waals surface area contributed by atoms with E-state index >= 15 is 0 Å². The van der Waals surface area contributed by atoms with Crippen LogP contribution >= 0.6 is 11.6 Å². The highest BCUT2D eigenvalue weighted by Crippen LogP contribution is 2.37. The van der Waals surface area contributed by atoms with Crippen molar-refractivity contribution in [1.29, 1.82) is 0 Å². The van der Waals surface area contributed by atoms with Crippen LogP contribution in [0.1, 0.15) is 5.56 Å². The standard InChI is InChI=1S/C14H14ClN3O3/c1-8-6-12(13(21-2)7-9(8)15)17-11-5-3-4-10(16)14(11)18(19)20/h3-7,17H,16H2,1-2H3. The van der Waals surface area contributed by atoms with Gasteiger partial charge in [-0.05, 0) is 30.7 Å². The van der Waals surface area contributed by atoms with Gasteiger partial charge in [0.2, 0.25) is 0 Å². The van der Waals surface area contributed by atoms with Gasteiger partial charge in [0.1, 0.15) is 17.1 Å². The molecule has 0 aliphatic carbocycles. The first-order valence-electron chi connectivity index (χ1n) is 6.08. The predicted molar refractivity (Wildman–Crippen MR) is 83.5 cm³/mol. The predicted octanol–water partition coefficient (Wildman–Crippen LogP) is 3.89. The van der Waals surface area contributed by atoms with E-state index in [0.29, 0.717) is 22.1 Å². The number of nitrogen functional groups attached to an aromatic ring is 1. The van der Waals surface area contributed by atoms with Gasteiger partial charge in [0, 0.05) is 11.1 Å². The van der Waals surface area contributed by atoms with Crippen molar-refractivity contribution in [3.05, 3.63) is 51.0 Å². The number of halogens is 1. The van der Waals surface area contributed by atoms with Gasteiger partial charge >= 0.3 is 5.69 Å². The average Bonchev–Trinajstić information content (AvgIpc) is 2.42. The van der Waals surface area contributed by atoms with E-state index in [1.807, 2.05) is 6.92 Å². The maximum absolute atomic E-state index is 11.1. The van der Waals surface area contributed by atoms with Gasteiger partial charge in [-0.3, -0.25) is 10.1 Å². The SMILES string of the molecule is COc1cc(Cl)c(C)cc1Nc1cccc(N)c1[N+](=O)[O-]. The van der Waals surface area contributed by atoms with Gasteiger partial charge in [-0.1, -0.05) is 17.7 Å². The minimum absolute atomic E-state index is 0.0923. The molecule has 110 valence electrons. The molecular weight excluding hydrogens is 294 g/mol. The van der Waals surface area contributed by atoms with Crippen molar-refractivity contribution in [2.75, 3.05) is 18.2 Å². The second kappa shape index (κ2) is 5.88. The summed E-state index contributed by atoms with van der Waals surface area (Å²) in [6.07, 6.45) is 0. The van der Waals surface area contributed by atoms with Crippen molar-refractivity contribution in [2.45, 2.75) is 6.92 Å². The largest absolute Gasteiger partial charge is 0.495 e. The van der Waals surface area contributed by atoms with Crippen LogP contribution in [0.2, 0.25) is 5.02 Å². The van der Waals surface area contributed by atoms with E-state index in [1.165, 1.54) is 13.2 Å². The molecule has 0 bridgehead atoms. The summed E-state index contributed by atoms with van der Waals surface area (Å²) in [5.74, 6) is 0.488. The summed E-state index contributed by atoms with van der Waals surface area (Å²) in [5.41, 5.74) is 7.28. The third-order valence-corrected chi connectivity index (χ3v) is 3.41. The van der Waals surface area contributed by atoms with Crippen LogP contribution in [0, 0.1) is 17.0 Å². The van der Waals surface area contributed by atoms with Gasteiger partial charge in [0.25, 0.3) is 0 Å². The molecule has 2 aromatic rings. The van der Waals surface area contributed by atoms with Crippen LogP contribution in [0.3, 0.4) is 0 Å². The Hall–Kier alpha value is -2.47. The first-order chi connectivity index (χ1) is 9.93. The second-order valence-electron chi connectivity index (χ2n) is 4.43. The molecule has 0 radical (unpaired) electrons. The highest BCUT2D eigenvalue weighted by Gasteiger charge is 2.19. The van der Waals surface area contributed by atoms with Crippen LogP contribution < -0.4 is 15.8 Å². The smallest absolute Gasteiger partial charge is 0.315 e. The molecule has 0 unspecified atom stereocenters. The molecule has 21 heavy (non-hydrogen) atoms. The molecule has 0 saturated heterocycles. The average molecular weight is 308 g/mol. The monoisotopic (exact) mass is 307 g/mol. The lowest BCUT2D eigenvalue weighted by molar-refractivity contribution is -0.383. The van der Waals surface area contributed by atoms with Crippen molar-refractivity contribution in [2.24, 2.45) is 0 Å². The number of methoxy groups -OCH3 is 1. The zero-order chi connectivity index (χ0) is 15.6. The zero-order valence-electron chi connectivity index (χ0n) is 11.5. The fourth-order valence-corrected chi connectivity index (χ4v) is 2.09. The van der Waals surface area contributed by atoms with E-state index in [0.717, 1.165) is 5.56 Å². The summed E-state index contributed by atoms with van der Waals surface area (Å²) in [6, 6.07) is 8.11. The molecule has 0 saturated carbocycles. The lowest BCUT2D eigenvalue weighted by atomic mass is 10.1. The number of hydrogen-bond acceptors (Lipinski definition) is 5. The minimum Gasteiger partial charge on any atom is -0.495 e. The third kappa shape index (κ3) is 3.00. The van der Waals surface area contributed by atoms with Gasteiger partial charge in [-0.2, -0.15) is 0 Å². The summed E-state index contributed by atoms with van der Waals surface area (Å²) in [4.78, 5) is 10.6. The van der Waals surface area contributed by atoms with Crippen LogP contribution in [-0.2, 0) is 0 Å². The number of anilines is 3. The molecule has 2 aromatic carbocycles. The van der Waals surface area contributed by atoms with Crippen LogP contribution in [0.15, 0.2) is 30.3 Å². The van der Waals surface area contributed by atoms with Crippen LogP contribution in [0.25, 0.3) is 0 Å². The van der Waals surface area contributed by atoms with Crippen molar-refractivity contribution < 1.29 is 9.66 Å². The van der Waals surface area contributed by atoms with Gasteiger partial charge in [-0.15, -0.1) is 0 Å². The second-order valence-corrected chi connectivity index (χ2v) is 4.83. The highest BCUT2D eigenvalue weighted by atomic mass is 35.5. The van der Waals surface area contributed by atoms with E-state index in [2.05, 4.69) is 5.32 Å². The number of rotatable bonds is 4. The van der Waals surface area contributed by atoms with Crippen LogP contribution in [0.4, 0.5) is 22.7 Å². The normalized spacial score (nSPS) is 10.2. The number of nitrogens with one attached hydrogen (secondary N) is 1. The number of nitro groups is 1. The number of ether oxygens (including phenoxy) is 1. The Balaban J connectivity index is 2.50. The van der Waals surface area contributed by atoms with E-state index in [9.17, 15) is 10.1 Å². The van der Waals surface area contributed by atoms with Gasteiger partial charge < -0.3 is 15.8 Å². The summed E-state index contributed by atoms with van der Waals surface area (Å²) < 4.78 is 5.24. The molecule has 0 aromatic heterocycles. The molecule has 2 rings (SSSR count). The van der Waals surface area contributed by atoms with Crippen molar-refractivity contribution in [3.63, 3.8) is 0 Å². The summed E-state index contributed by atoms with van der Waals surface area (Å²) in [5, 5.41) is 14.7. The zero-order valence-corrected chi connectivity index (χ0v) is 12.3. The number of nitrogens with two attached hydrogens (primary N) is 1. The molecular formula is C14H14ClN3O3. The van der Waals surface area contributed by atoms with Crippen LogP contribution in [0.5, 0.6) is 5.75 Å². The molecule has 0 atom stereocenters. The van der Waals surface area contributed by atoms with Crippen molar-refractivity contribution >= 4 is 34.4 Å². The number of nitrogens with zero attached hydrogens (tertiary/aromatic N) is 1. The fraction of sp³-hybridized carbons (Fsp3) is 0.143. The Bertz CT molecular complexity index is 704. The summed E-state index contributed by atoms with van der Waals surface area (Å²) in [7, 11) is 1.50. The molecule has 7 heteroatoms. The summed E-state index contributed by atoms with van der Waals surface area (Å²) in [6.45, 7) is 1.83. The Morgan fingerprint density at radius 3 is 2.67 bits per heavy atom. The molecule has 0 heterocycles. The third-order valence-electron chi connectivity index (χ3n) is 3.00.